The molecule has 1 saturated carbocycles. The molecule has 0 atom stereocenters. The number of nitrogens with one attached hydrogen (secondary N) is 1. The summed E-state index contributed by atoms with van der Waals surface area (Å²) in [5, 5.41) is 3.36. The number of amides is 1. The highest BCUT2D eigenvalue weighted by Gasteiger charge is 2.37. The summed E-state index contributed by atoms with van der Waals surface area (Å²) in [5.41, 5.74) is 5.71. The number of nitrogens with zero attached hydrogens (tertiary/aromatic N) is 1. The molecule has 92 valence electrons. The van der Waals surface area contributed by atoms with E-state index in [2.05, 4.69) is 17.2 Å². The van der Waals surface area contributed by atoms with Gasteiger partial charge in [0.15, 0.2) is 0 Å². The van der Waals surface area contributed by atoms with Gasteiger partial charge in [0.2, 0.25) is 0 Å². The molecule has 1 fully saturated rings. The van der Waals surface area contributed by atoms with Gasteiger partial charge in [0.05, 0.1) is 5.02 Å². The molecule has 1 aromatic heterocycles. The van der Waals surface area contributed by atoms with Gasteiger partial charge in [-0.2, -0.15) is 0 Å². The Kier molecular flexibility index (Phi) is 3.24. The maximum Gasteiger partial charge on any atom is 0.271 e. The topological polar surface area (TPSA) is 68.0 Å². The van der Waals surface area contributed by atoms with E-state index in [4.69, 9.17) is 17.3 Å². The zero-order chi connectivity index (χ0) is 12.5. The molecular formula is C12H16ClN3O. The number of carbonyl (C=O) groups is 1. The van der Waals surface area contributed by atoms with E-state index in [0.717, 1.165) is 25.7 Å². The number of hydrogen-bond acceptors (Lipinski definition) is 3. The van der Waals surface area contributed by atoms with Gasteiger partial charge in [-0.15, -0.1) is 0 Å². The second kappa shape index (κ2) is 4.53. The summed E-state index contributed by atoms with van der Waals surface area (Å²) in [6.45, 7) is 2.08. The lowest BCUT2D eigenvalue weighted by atomic mass is 9.75. The van der Waals surface area contributed by atoms with Crippen molar-refractivity contribution in [1.82, 2.24) is 10.3 Å². The Labute approximate surface area is 106 Å². The fourth-order valence-electron chi connectivity index (χ4n) is 2.09. The van der Waals surface area contributed by atoms with Gasteiger partial charge in [-0.25, -0.2) is 4.98 Å². The predicted octanol–water partition coefficient (Wildman–Crippen LogP) is 2.38. The van der Waals surface area contributed by atoms with E-state index in [1.165, 1.54) is 0 Å². The van der Waals surface area contributed by atoms with Crippen LogP contribution in [0.3, 0.4) is 0 Å². The number of rotatable bonds is 3. The molecule has 0 radical (unpaired) electrons. The highest BCUT2D eigenvalue weighted by Crippen LogP contribution is 2.35. The normalized spacial score (nSPS) is 17.3. The number of nitrogen functional groups attached to an aromatic ring is 1. The van der Waals surface area contributed by atoms with E-state index in [0.29, 0.717) is 10.8 Å². The van der Waals surface area contributed by atoms with Crippen molar-refractivity contribution in [3.05, 3.63) is 22.8 Å². The molecule has 1 aliphatic rings. The fourth-order valence-corrected chi connectivity index (χ4v) is 2.28. The van der Waals surface area contributed by atoms with Crippen molar-refractivity contribution in [1.29, 1.82) is 0 Å². The van der Waals surface area contributed by atoms with Crippen LogP contribution in [-0.2, 0) is 0 Å². The van der Waals surface area contributed by atoms with Gasteiger partial charge >= 0.3 is 0 Å². The van der Waals surface area contributed by atoms with Gasteiger partial charge in [0.1, 0.15) is 11.5 Å². The minimum atomic E-state index is -0.233. The summed E-state index contributed by atoms with van der Waals surface area (Å²) < 4.78 is 0. The van der Waals surface area contributed by atoms with E-state index in [-0.39, 0.29) is 17.1 Å². The molecule has 1 amide bonds. The van der Waals surface area contributed by atoms with Crippen LogP contribution in [0, 0.1) is 0 Å². The zero-order valence-corrected chi connectivity index (χ0v) is 10.5. The first-order valence-electron chi connectivity index (χ1n) is 5.81. The molecule has 0 spiro atoms. The Hall–Kier alpha value is -1.29. The Morgan fingerprint density at radius 3 is 2.82 bits per heavy atom. The predicted molar refractivity (Wildman–Crippen MR) is 68.0 cm³/mol. The molecule has 2 rings (SSSR count). The van der Waals surface area contributed by atoms with E-state index in [9.17, 15) is 4.79 Å². The highest BCUT2D eigenvalue weighted by atomic mass is 35.5. The van der Waals surface area contributed by atoms with Crippen molar-refractivity contribution in [2.45, 2.75) is 38.1 Å². The van der Waals surface area contributed by atoms with Crippen molar-refractivity contribution < 1.29 is 4.79 Å². The van der Waals surface area contributed by atoms with Crippen LogP contribution < -0.4 is 11.1 Å². The van der Waals surface area contributed by atoms with Gasteiger partial charge in [-0.05, 0) is 37.8 Å². The molecule has 17 heavy (non-hydrogen) atoms. The van der Waals surface area contributed by atoms with Crippen molar-refractivity contribution in [3.8, 4) is 0 Å². The number of nitrogens with two attached hydrogens (primary N) is 1. The smallest absolute Gasteiger partial charge is 0.271 e. The Morgan fingerprint density at radius 2 is 2.29 bits per heavy atom. The number of hydrogen-bond donors (Lipinski definition) is 2. The Balaban J connectivity index is 2.17. The lowest BCUT2D eigenvalue weighted by molar-refractivity contribution is 0.0815. The van der Waals surface area contributed by atoms with E-state index < -0.39 is 0 Å². The molecule has 5 heteroatoms. The SMILES string of the molecule is CCC1(NC(=O)c2nc(N)ccc2Cl)CCC1. The van der Waals surface area contributed by atoms with Crippen molar-refractivity contribution in [3.63, 3.8) is 0 Å². The zero-order valence-electron chi connectivity index (χ0n) is 9.79. The quantitative estimate of drug-likeness (QED) is 0.869. The Morgan fingerprint density at radius 1 is 1.59 bits per heavy atom. The van der Waals surface area contributed by atoms with Gasteiger partial charge in [0, 0.05) is 5.54 Å². The maximum atomic E-state index is 12.1. The lowest BCUT2D eigenvalue weighted by Gasteiger charge is -2.41. The van der Waals surface area contributed by atoms with Gasteiger partial charge < -0.3 is 11.1 Å². The monoisotopic (exact) mass is 253 g/mol. The third-order valence-electron chi connectivity index (χ3n) is 3.45. The van der Waals surface area contributed by atoms with Crippen LogP contribution in [0.15, 0.2) is 12.1 Å². The molecule has 1 heterocycles. The lowest BCUT2D eigenvalue weighted by Crippen LogP contribution is -2.53. The van der Waals surface area contributed by atoms with Crippen LogP contribution in [0.25, 0.3) is 0 Å². The number of anilines is 1. The summed E-state index contributed by atoms with van der Waals surface area (Å²) in [7, 11) is 0. The number of carbonyl (C=O) groups excluding carboxylic acids is 1. The summed E-state index contributed by atoms with van der Waals surface area (Å²) in [6, 6.07) is 3.18. The fraction of sp³-hybridized carbons (Fsp3) is 0.500. The van der Waals surface area contributed by atoms with Crippen molar-refractivity contribution >= 4 is 23.3 Å². The van der Waals surface area contributed by atoms with Crippen LogP contribution in [0.5, 0.6) is 0 Å². The highest BCUT2D eigenvalue weighted by molar-refractivity contribution is 6.33. The summed E-state index contributed by atoms with van der Waals surface area (Å²) in [5.74, 6) is 0.0718. The van der Waals surface area contributed by atoms with Crippen LogP contribution in [0.2, 0.25) is 5.02 Å². The second-order valence-corrected chi connectivity index (χ2v) is 4.92. The van der Waals surface area contributed by atoms with Crippen molar-refractivity contribution in [2.24, 2.45) is 0 Å². The number of pyridine rings is 1. The standard InChI is InChI=1S/C12H16ClN3O/c1-2-12(6-3-7-12)16-11(17)10-8(13)4-5-9(14)15-10/h4-5H,2-3,6-7H2,1H3,(H2,14,15)(H,16,17). The average molecular weight is 254 g/mol. The second-order valence-electron chi connectivity index (χ2n) is 4.51. The number of halogens is 1. The van der Waals surface area contributed by atoms with E-state index in [1.807, 2.05) is 0 Å². The van der Waals surface area contributed by atoms with Crippen LogP contribution in [-0.4, -0.2) is 16.4 Å². The molecular weight excluding hydrogens is 238 g/mol. The minimum Gasteiger partial charge on any atom is -0.384 e. The van der Waals surface area contributed by atoms with Gasteiger partial charge in [-0.1, -0.05) is 18.5 Å². The molecule has 4 nitrogen and oxygen atoms in total. The average Bonchev–Trinajstić information content (AvgIpc) is 2.26. The van der Waals surface area contributed by atoms with E-state index >= 15 is 0 Å². The molecule has 1 aromatic rings. The molecule has 3 N–H and O–H groups in total. The van der Waals surface area contributed by atoms with Crippen LogP contribution in [0.1, 0.15) is 43.1 Å². The van der Waals surface area contributed by atoms with Gasteiger partial charge in [-0.3, -0.25) is 4.79 Å². The molecule has 0 bridgehead atoms. The summed E-state index contributed by atoms with van der Waals surface area (Å²) in [4.78, 5) is 16.1. The Bertz CT molecular complexity index is 438. The van der Waals surface area contributed by atoms with E-state index in [1.54, 1.807) is 12.1 Å². The first-order chi connectivity index (χ1) is 8.06. The molecule has 1 aliphatic carbocycles. The third-order valence-corrected chi connectivity index (χ3v) is 3.75. The summed E-state index contributed by atoms with van der Waals surface area (Å²) >= 11 is 5.95. The first kappa shape index (κ1) is 12.2. The molecule has 0 aromatic carbocycles. The summed E-state index contributed by atoms with van der Waals surface area (Å²) in [6.07, 6.45) is 4.13. The largest absolute Gasteiger partial charge is 0.384 e. The maximum absolute atomic E-state index is 12.1. The molecule has 0 saturated heterocycles. The first-order valence-corrected chi connectivity index (χ1v) is 6.19. The third kappa shape index (κ3) is 2.36. The number of aromatic nitrogens is 1. The molecule has 0 unspecified atom stereocenters. The molecule has 0 aliphatic heterocycles. The van der Waals surface area contributed by atoms with Crippen LogP contribution in [0.4, 0.5) is 5.82 Å². The van der Waals surface area contributed by atoms with Crippen LogP contribution >= 0.6 is 11.6 Å². The minimum absolute atomic E-state index is 0.0628. The van der Waals surface area contributed by atoms with Gasteiger partial charge in [0.25, 0.3) is 5.91 Å². The van der Waals surface area contributed by atoms with Crippen molar-refractivity contribution in [2.75, 3.05) is 5.73 Å².